The van der Waals surface area contributed by atoms with Crippen LogP contribution in [-0.2, 0) is 4.79 Å². The molecule has 2 aliphatic carbocycles. The first-order valence-electron chi connectivity index (χ1n) is 5.77. The molecule has 0 saturated heterocycles. The van der Waals surface area contributed by atoms with Crippen molar-refractivity contribution in [1.29, 1.82) is 0 Å². The lowest BCUT2D eigenvalue weighted by atomic mass is 9.71. The number of ketones is 1. The molecule has 0 aromatic rings. The number of rotatable bonds is 0. The minimum Gasteiger partial charge on any atom is -0.299 e. The second kappa shape index (κ2) is 3.43. The van der Waals surface area contributed by atoms with Crippen LogP contribution in [0.4, 0.5) is 0 Å². The molecule has 0 bridgehead atoms. The molecule has 0 aromatic heterocycles. The van der Waals surface area contributed by atoms with Crippen molar-refractivity contribution in [2.75, 3.05) is 0 Å². The van der Waals surface area contributed by atoms with Gasteiger partial charge in [-0.25, -0.2) is 0 Å². The van der Waals surface area contributed by atoms with Crippen LogP contribution >= 0.6 is 0 Å². The van der Waals surface area contributed by atoms with Crippen LogP contribution in [0.2, 0.25) is 0 Å². The lowest BCUT2D eigenvalue weighted by Crippen LogP contribution is -2.29. The highest BCUT2D eigenvalue weighted by molar-refractivity contribution is 5.86. The van der Waals surface area contributed by atoms with Crippen LogP contribution in [0, 0.1) is 11.3 Å². The van der Waals surface area contributed by atoms with E-state index in [2.05, 4.69) is 6.92 Å². The smallest absolute Gasteiger partial charge is 0.139 e. The Labute approximate surface area is 80.9 Å². The Morgan fingerprint density at radius 3 is 2.77 bits per heavy atom. The molecule has 2 aliphatic rings. The molecule has 0 spiro atoms. The zero-order valence-electron chi connectivity index (χ0n) is 8.64. The number of hydrogen-bond donors (Lipinski definition) is 0. The Balaban J connectivity index is 2.14. The number of hydrogen-bond acceptors (Lipinski definition) is 1. The minimum atomic E-state index is 0.0837. The second-order valence-corrected chi connectivity index (χ2v) is 5.03. The average molecular weight is 180 g/mol. The lowest BCUT2D eigenvalue weighted by molar-refractivity contribution is -0.127. The van der Waals surface area contributed by atoms with Crippen LogP contribution in [0.25, 0.3) is 0 Å². The van der Waals surface area contributed by atoms with Crippen LogP contribution in [0.5, 0.6) is 0 Å². The van der Waals surface area contributed by atoms with E-state index in [1.165, 1.54) is 38.5 Å². The maximum atomic E-state index is 11.8. The van der Waals surface area contributed by atoms with E-state index in [4.69, 9.17) is 0 Å². The first-order valence-corrected chi connectivity index (χ1v) is 5.77. The number of carbonyl (C=O) groups is 1. The van der Waals surface area contributed by atoms with Gasteiger partial charge in [-0.1, -0.05) is 32.6 Å². The van der Waals surface area contributed by atoms with Crippen molar-refractivity contribution >= 4 is 5.78 Å². The van der Waals surface area contributed by atoms with Crippen molar-refractivity contribution in [2.45, 2.75) is 58.3 Å². The van der Waals surface area contributed by atoms with Gasteiger partial charge in [0, 0.05) is 11.8 Å². The van der Waals surface area contributed by atoms with Gasteiger partial charge in [0.25, 0.3) is 0 Å². The van der Waals surface area contributed by atoms with Crippen molar-refractivity contribution in [3.63, 3.8) is 0 Å². The summed E-state index contributed by atoms with van der Waals surface area (Å²) in [4.78, 5) is 11.8. The first kappa shape index (κ1) is 9.23. The Hall–Kier alpha value is -0.330. The molecule has 1 heteroatoms. The maximum absolute atomic E-state index is 11.8. The van der Waals surface area contributed by atoms with Gasteiger partial charge >= 0.3 is 0 Å². The molecule has 0 radical (unpaired) electrons. The number of carbonyl (C=O) groups excluding carboxylic acids is 1. The highest BCUT2D eigenvalue weighted by Gasteiger charge is 2.44. The minimum absolute atomic E-state index is 0.0837. The molecule has 0 aliphatic heterocycles. The van der Waals surface area contributed by atoms with E-state index < -0.39 is 0 Å². The molecule has 1 unspecified atom stereocenters. The third kappa shape index (κ3) is 1.53. The van der Waals surface area contributed by atoms with E-state index in [0.717, 1.165) is 18.8 Å². The highest BCUT2D eigenvalue weighted by atomic mass is 16.1. The van der Waals surface area contributed by atoms with E-state index in [1.54, 1.807) is 0 Å². The molecule has 74 valence electrons. The fourth-order valence-electron chi connectivity index (χ4n) is 3.18. The van der Waals surface area contributed by atoms with E-state index >= 15 is 0 Å². The summed E-state index contributed by atoms with van der Waals surface area (Å²) in [5.41, 5.74) is 0.0837. The quantitative estimate of drug-likeness (QED) is 0.559. The summed E-state index contributed by atoms with van der Waals surface area (Å²) in [6.45, 7) is 2.22. The summed E-state index contributed by atoms with van der Waals surface area (Å²) in [5.74, 6) is 1.28. The first-order chi connectivity index (χ1) is 6.23. The van der Waals surface area contributed by atoms with Crippen LogP contribution in [-0.4, -0.2) is 5.78 Å². The van der Waals surface area contributed by atoms with Crippen LogP contribution in [0.15, 0.2) is 0 Å². The largest absolute Gasteiger partial charge is 0.299 e. The lowest BCUT2D eigenvalue weighted by Gasteiger charge is -2.32. The molecule has 0 N–H and O–H groups in total. The van der Waals surface area contributed by atoms with Gasteiger partial charge in [0.1, 0.15) is 5.78 Å². The normalized spacial score (nSPS) is 41.0. The molecule has 2 saturated carbocycles. The van der Waals surface area contributed by atoms with Gasteiger partial charge in [-0.15, -0.1) is 0 Å². The molecule has 2 atom stereocenters. The van der Waals surface area contributed by atoms with Crippen molar-refractivity contribution in [3.05, 3.63) is 0 Å². The van der Waals surface area contributed by atoms with Crippen LogP contribution in [0.1, 0.15) is 58.3 Å². The Morgan fingerprint density at radius 2 is 1.92 bits per heavy atom. The van der Waals surface area contributed by atoms with Gasteiger partial charge in [0.15, 0.2) is 0 Å². The molecule has 0 heterocycles. The second-order valence-electron chi connectivity index (χ2n) is 5.03. The summed E-state index contributed by atoms with van der Waals surface area (Å²) in [7, 11) is 0. The maximum Gasteiger partial charge on any atom is 0.139 e. The Bertz CT molecular complexity index is 209. The van der Waals surface area contributed by atoms with Gasteiger partial charge < -0.3 is 0 Å². The van der Waals surface area contributed by atoms with Gasteiger partial charge in [0.05, 0.1) is 0 Å². The van der Waals surface area contributed by atoms with Crippen LogP contribution in [0.3, 0.4) is 0 Å². The van der Waals surface area contributed by atoms with Gasteiger partial charge in [-0.2, -0.15) is 0 Å². The van der Waals surface area contributed by atoms with E-state index in [-0.39, 0.29) is 5.41 Å². The molecular weight excluding hydrogens is 160 g/mol. The van der Waals surface area contributed by atoms with Gasteiger partial charge in [-0.05, 0) is 25.2 Å². The third-order valence-electron chi connectivity index (χ3n) is 4.26. The summed E-state index contributed by atoms with van der Waals surface area (Å²) in [6, 6.07) is 0. The van der Waals surface area contributed by atoms with Crippen molar-refractivity contribution in [3.8, 4) is 0 Å². The van der Waals surface area contributed by atoms with E-state index in [1.807, 2.05) is 0 Å². The van der Waals surface area contributed by atoms with Crippen LogP contribution < -0.4 is 0 Å². The summed E-state index contributed by atoms with van der Waals surface area (Å²) < 4.78 is 0. The molecule has 1 nitrogen and oxygen atoms in total. The van der Waals surface area contributed by atoms with Crippen molar-refractivity contribution in [1.82, 2.24) is 0 Å². The molecule has 2 rings (SSSR count). The van der Waals surface area contributed by atoms with Crippen molar-refractivity contribution < 1.29 is 4.79 Å². The zero-order valence-corrected chi connectivity index (χ0v) is 8.64. The molecular formula is C12H20O. The summed E-state index contributed by atoms with van der Waals surface area (Å²) >= 11 is 0. The fourth-order valence-corrected chi connectivity index (χ4v) is 3.18. The standard InChI is InChI=1S/C12H20O/c1-12-9-5-3-2-4-6-10(12)7-8-11(12)13/h10H,2-9H2,1H3/t10?,12-/m0/s1. The predicted molar refractivity (Wildman–Crippen MR) is 53.5 cm³/mol. The van der Waals surface area contributed by atoms with E-state index in [0.29, 0.717) is 5.78 Å². The molecule has 13 heavy (non-hydrogen) atoms. The number of Topliss-reactive ketones (excluding diaryl/α,β-unsaturated/α-hetero) is 1. The zero-order chi connectivity index (χ0) is 9.31. The topological polar surface area (TPSA) is 17.1 Å². The Kier molecular flexibility index (Phi) is 2.44. The SMILES string of the molecule is C[C@]12CCCCCCC1CCC2=O. The molecule has 0 amide bonds. The predicted octanol–water partition coefficient (Wildman–Crippen LogP) is 3.33. The van der Waals surface area contributed by atoms with Gasteiger partial charge in [-0.3, -0.25) is 4.79 Å². The summed E-state index contributed by atoms with van der Waals surface area (Å²) in [5, 5.41) is 0. The van der Waals surface area contributed by atoms with Gasteiger partial charge in [0.2, 0.25) is 0 Å². The van der Waals surface area contributed by atoms with Crippen molar-refractivity contribution in [2.24, 2.45) is 11.3 Å². The third-order valence-corrected chi connectivity index (χ3v) is 4.26. The average Bonchev–Trinajstić information content (AvgIpc) is 2.33. The Morgan fingerprint density at radius 1 is 1.15 bits per heavy atom. The fraction of sp³-hybridized carbons (Fsp3) is 0.917. The molecule has 0 aromatic carbocycles. The molecule has 2 fully saturated rings. The highest BCUT2D eigenvalue weighted by Crippen LogP contribution is 2.47. The summed E-state index contributed by atoms with van der Waals surface area (Å²) in [6.07, 6.45) is 9.87. The number of fused-ring (bicyclic) bond motifs is 1. The monoisotopic (exact) mass is 180 g/mol. The van der Waals surface area contributed by atoms with E-state index in [9.17, 15) is 4.79 Å².